The average molecular weight is 409 g/mol. The highest BCUT2D eigenvalue weighted by molar-refractivity contribution is 9.10. The number of carbonyl (C=O) groups excluding carboxylic acids is 2. The van der Waals surface area contributed by atoms with Crippen molar-refractivity contribution in [1.82, 2.24) is 20.4 Å². The number of halogens is 1. The molecule has 1 heterocycles. The lowest BCUT2D eigenvalue weighted by Gasteiger charge is -2.09. The van der Waals surface area contributed by atoms with Crippen LogP contribution in [-0.2, 0) is 9.59 Å². The molecule has 1 aromatic carbocycles. The van der Waals surface area contributed by atoms with Crippen LogP contribution in [0, 0.1) is 0 Å². The molecule has 8 heteroatoms. The van der Waals surface area contributed by atoms with E-state index in [-0.39, 0.29) is 37.4 Å². The van der Waals surface area contributed by atoms with Crippen molar-refractivity contribution in [2.45, 2.75) is 26.3 Å². The van der Waals surface area contributed by atoms with Crippen LogP contribution in [-0.4, -0.2) is 40.8 Å². The zero-order chi connectivity index (χ0) is 18.2. The number of nitrogens with one attached hydrogen (secondary N) is 2. The molecule has 0 aliphatic carbocycles. The van der Waals surface area contributed by atoms with Gasteiger partial charge in [-0.1, -0.05) is 18.2 Å². The number of amides is 2. The van der Waals surface area contributed by atoms with Crippen molar-refractivity contribution in [2.24, 2.45) is 0 Å². The summed E-state index contributed by atoms with van der Waals surface area (Å²) in [4.78, 5) is 23.3. The minimum Gasteiger partial charge on any atom is -0.466 e. The summed E-state index contributed by atoms with van der Waals surface area (Å²) in [5.41, 5.74) is 0.888. The summed E-state index contributed by atoms with van der Waals surface area (Å²) in [6, 6.07) is 9.66. The monoisotopic (exact) mass is 408 g/mol. The van der Waals surface area contributed by atoms with Crippen LogP contribution in [0.3, 0.4) is 0 Å². The fourth-order valence-corrected chi connectivity index (χ4v) is 2.43. The smallest absolute Gasteiger partial charge is 0.258 e. The summed E-state index contributed by atoms with van der Waals surface area (Å²) >= 11 is 3.37. The molecule has 2 amide bonds. The van der Waals surface area contributed by atoms with E-state index in [1.807, 2.05) is 44.2 Å². The minimum absolute atomic E-state index is 0.0867. The van der Waals surface area contributed by atoms with Crippen molar-refractivity contribution >= 4 is 27.7 Å². The van der Waals surface area contributed by atoms with Gasteiger partial charge in [0.1, 0.15) is 0 Å². The number of hydrogen-bond donors (Lipinski definition) is 2. The molecule has 1 aromatic heterocycles. The van der Waals surface area contributed by atoms with Crippen LogP contribution in [0.2, 0.25) is 0 Å². The molecular weight excluding hydrogens is 388 g/mol. The van der Waals surface area contributed by atoms with Gasteiger partial charge in [-0.05, 0) is 41.9 Å². The quantitative estimate of drug-likeness (QED) is 0.699. The molecule has 0 saturated heterocycles. The van der Waals surface area contributed by atoms with Crippen LogP contribution in [0.15, 0.2) is 41.0 Å². The second kappa shape index (κ2) is 9.22. The van der Waals surface area contributed by atoms with Crippen molar-refractivity contribution in [2.75, 3.05) is 13.2 Å². The van der Waals surface area contributed by atoms with Crippen molar-refractivity contribution < 1.29 is 14.3 Å². The molecule has 0 atom stereocenters. The van der Waals surface area contributed by atoms with Crippen LogP contribution >= 0.6 is 15.9 Å². The van der Waals surface area contributed by atoms with Gasteiger partial charge in [0, 0.05) is 25.2 Å². The highest BCUT2D eigenvalue weighted by atomic mass is 79.9. The summed E-state index contributed by atoms with van der Waals surface area (Å²) in [5, 5.41) is 9.70. The van der Waals surface area contributed by atoms with E-state index in [9.17, 15) is 9.59 Å². The number of nitrogens with zero attached hydrogens (tertiary/aromatic N) is 2. The topological polar surface area (TPSA) is 85.2 Å². The van der Waals surface area contributed by atoms with E-state index in [4.69, 9.17) is 4.74 Å². The second-order valence-electron chi connectivity index (χ2n) is 5.67. The van der Waals surface area contributed by atoms with Gasteiger partial charge in [0.25, 0.3) is 5.91 Å². The highest BCUT2D eigenvalue weighted by Gasteiger charge is 2.11. The molecule has 0 radical (unpaired) electrons. The molecule has 0 aliphatic rings. The standard InChI is InChI=1S/C17H21BrN4O3/c1-12(2)20-15(23)8-9-19-16(24)11-25-17-14(18)10-22(21-17)13-6-4-3-5-7-13/h3-7,10,12H,8-9,11H2,1-2H3,(H,19,24)(H,20,23). The molecule has 0 spiro atoms. The maximum absolute atomic E-state index is 11.8. The number of benzene rings is 1. The van der Waals surface area contributed by atoms with Crippen molar-refractivity contribution in [3.8, 4) is 11.6 Å². The van der Waals surface area contributed by atoms with E-state index < -0.39 is 0 Å². The van der Waals surface area contributed by atoms with Gasteiger partial charge in [-0.15, -0.1) is 5.10 Å². The zero-order valence-corrected chi connectivity index (χ0v) is 15.7. The number of aromatic nitrogens is 2. The third-order valence-corrected chi connectivity index (χ3v) is 3.67. The van der Waals surface area contributed by atoms with E-state index in [1.165, 1.54) is 0 Å². The molecule has 25 heavy (non-hydrogen) atoms. The maximum atomic E-state index is 11.8. The van der Waals surface area contributed by atoms with Gasteiger partial charge in [0.2, 0.25) is 11.8 Å². The zero-order valence-electron chi connectivity index (χ0n) is 14.2. The minimum atomic E-state index is -0.307. The maximum Gasteiger partial charge on any atom is 0.258 e. The molecule has 0 bridgehead atoms. The van der Waals surface area contributed by atoms with Gasteiger partial charge < -0.3 is 15.4 Å². The van der Waals surface area contributed by atoms with Gasteiger partial charge in [-0.25, -0.2) is 4.68 Å². The fraction of sp³-hybridized carbons (Fsp3) is 0.353. The third-order valence-electron chi connectivity index (χ3n) is 3.12. The highest BCUT2D eigenvalue weighted by Crippen LogP contribution is 2.24. The van der Waals surface area contributed by atoms with Gasteiger partial charge in [0.15, 0.2) is 6.61 Å². The van der Waals surface area contributed by atoms with E-state index in [1.54, 1.807) is 10.9 Å². The van der Waals surface area contributed by atoms with Crippen molar-refractivity contribution in [3.63, 3.8) is 0 Å². The van der Waals surface area contributed by atoms with Crippen LogP contribution in [0.1, 0.15) is 20.3 Å². The normalized spacial score (nSPS) is 10.6. The Kier molecular flexibility index (Phi) is 7.00. The average Bonchev–Trinajstić information content (AvgIpc) is 2.94. The molecule has 0 aliphatic heterocycles. The summed E-state index contributed by atoms with van der Waals surface area (Å²) in [6.45, 7) is 3.87. The van der Waals surface area contributed by atoms with Gasteiger partial charge >= 0.3 is 0 Å². The predicted molar refractivity (Wildman–Crippen MR) is 97.7 cm³/mol. The molecule has 2 aromatic rings. The molecule has 0 saturated carbocycles. The summed E-state index contributed by atoms with van der Waals surface area (Å²) in [7, 11) is 0. The summed E-state index contributed by atoms with van der Waals surface area (Å²) in [5.74, 6) is -0.0735. The first-order valence-electron chi connectivity index (χ1n) is 7.95. The molecule has 2 rings (SSSR count). The number of ether oxygens (including phenoxy) is 1. The van der Waals surface area contributed by atoms with E-state index >= 15 is 0 Å². The van der Waals surface area contributed by atoms with Gasteiger partial charge in [-0.2, -0.15) is 0 Å². The third kappa shape index (κ3) is 6.22. The SMILES string of the molecule is CC(C)NC(=O)CCNC(=O)COc1nn(-c2ccccc2)cc1Br. The van der Waals surface area contributed by atoms with Crippen molar-refractivity contribution in [1.29, 1.82) is 0 Å². The summed E-state index contributed by atoms with van der Waals surface area (Å²) in [6.07, 6.45) is 2.00. The Morgan fingerprint density at radius 2 is 1.96 bits per heavy atom. The Bertz CT molecular complexity index is 716. The van der Waals surface area contributed by atoms with Crippen molar-refractivity contribution in [3.05, 3.63) is 41.0 Å². The van der Waals surface area contributed by atoms with E-state index in [0.29, 0.717) is 10.4 Å². The lowest BCUT2D eigenvalue weighted by Crippen LogP contribution is -2.35. The first-order valence-corrected chi connectivity index (χ1v) is 8.74. The molecule has 7 nitrogen and oxygen atoms in total. The Hall–Kier alpha value is -2.35. The number of rotatable bonds is 8. The Balaban J connectivity index is 1.78. The Morgan fingerprint density at radius 3 is 2.64 bits per heavy atom. The lowest BCUT2D eigenvalue weighted by atomic mass is 10.3. The molecule has 2 N–H and O–H groups in total. The molecular formula is C17H21BrN4O3. The molecule has 0 fully saturated rings. The van der Waals surface area contributed by atoms with Gasteiger partial charge in [0.05, 0.1) is 10.2 Å². The van der Waals surface area contributed by atoms with E-state index in [2.05, 4.69) is 31.7 Å². The summed E-state index contributed by atoms with van der Waals surface area (Å²) < 4.78 is 7.74. The predicted octanol–water partition coefficient (Wildman–Crippen LogP) is 2.04. The van der Waals surface area contributed by atoms with Crippen LogP contribution < -0.4 is 15.4 Å². The van der Waals surface area contributed by atoms with Crippen LogP contribution in [0.5, 0.6) is 5.88 Å². The Labute approximate surface area is 154 Å². The number of carbonyl (C=O) groups is 2. The number of para-hydroxylation sites is 1. The number of hydrogen-bond acceptors (Lipinski definition) is 4. The first kappa shape index (κ1) is 19.0. The first-order chi connectivity index (χ1) is 12.0. The van der Waals surface area contributed by atoms with E-state index in [0.717, 1.165) is 5.69 Å². The van der Waals surface area contributed by atoms with Gasteiger partial charge in [-0.3, -0.25) is 9.59 Å². The molecule has 0 unspecified atom stereocenters. The van der Waals surface area contributed by atoms with Crippen LogP contribution in [0.25, 0.3) is 5.69 Å². The second-order valence-corrected chi connectivity index (χ2v) is 6.53. The molecule has 134 valence electrons. The Morgan fingerprint density at radius 1 is 1.24 bits per heavy atom. The largest absolute Gasteiger partial charge is 0.466 e. The lowest BCUT2D eigenvalue weighted by molar-refractivity contribution is -0.123. The van der Waals surface area contributed by atoms with Crippen LogP contribution in [0.4, 0.5) is 0 Å². The fourth-order valence-electron chi connectivity index (χ4n) is 2.04.